The number of amides is 1. The number of Topliss-reactive ketones (excluding diaryl/α,β-unsaturated/α-hetero) is 1. The Morgan fingerprint density at radius 2 is 2.00 bits per heavy atom. The van der Waals surface area contributed by atoms with E-state index in [1.807, 2.05) is 29.0 Å². The summed E-state index contributed by atoms with van der Waals surface area (Å²) in [5, 5.41) is 4.21. The molecule has 3 aromatic rings. The van der Waals surface area contributed by atoms with E-state index in [1.54, 1.807) is 30.3 Å². The third-order valence-corrected chi connectivity index (χ3v) is 7.98. The maximum absolute atomic E-state index is 13.6. The van der Waals surface area contributed by atoms with E-state index in [2.05, 4.69) is 12.8 Å². The molecule has 2 unspecified atom stereocenters. The molecule has 0 saturated carbocycles. The van der Waals surface area contributed by atoms with E-state index in [-0.39, 0.29) is 12.2 Å². The first-order valence-electron chi connectivity index (χ1n) is 11.0. The number of aromatic nitrogens is 1. The van der Waals surface area contributed by atoms with Crippen molar-refractivity contribution in [2.24, 2.45) is 5.92 Å². The van der Waals surface area contributed by atoms with E-state index in [9.17, 15) is 9.59 Å². The number of thiol groups is 1. The van der Waals surface area contributed by atoms with Gasteiger partial charge in [-0.15, -0.1) is 0 Å². The Morgan fingerprint density at radius 3 is 2.71 bits per heavy atom. The highest BCUT2D eigenvalue weighted by molar-refractivity contribution is 7.78. The van der Waals surface area contributed by atoms with Gasteiger partial charge in [-0.25, -0.2) is 4.98 Å². The number of rotatable bonds is 7. The Labute approximate surface area is 212 Å². The highest BCUT2D eigenvalue weighted by atomic mass is 35.5. The number of halogens is 1. The average molecular weight is 515 g/mol. The molecule has 2 saturated heterocycles. The minimum atomic E-state index is -1.16. The summed E-state index contributed by atoms with van der Waals surface area (Å²) in [7, 11) is 0. The van der Waals surface area contributed by atoms with Crippen LogP contribution < -0.4 is 4.74 Å². The number of thiophene rings is 1. The van der Waals surface area contributed by atoms with Crippen LogP contribution in [-0.4, -0.2) is 40.8 Å². The molecule has 0 N–H and O–H groups in total. The van der Waals surface area contributed by atoms with Crippen LogP contribution in [0.4, 0.5) is 0 Å². The lowest BCUT2D eigenvalue weighted by molar-refractivity contribution is -0.142. The standard InChI is InChI=1S/C25H23ClN2O4S2/c26-19-5-2-1-4-18(19)23-20(29)12-25(28(33)24(23)30,17-9-11-34-15-17)21-6-3-7-22(27-21)32-10-8-16-13-31-14-16/h1-7,9,11,15-16,23,33H,8,10,12-14H2. The van der Waals surface area contributed by atoms with Crippen LogP contribution in [0, 0.1) is 5.92 Å². The normalized spacial score (nSPS) is 23.1. The van der Waals surface area contributed by atoms with Crippen molar-refractivity contribution >= 4 is 47.4 Å². The van der Waals surface area contributed by atoms with Crippen LogP contribution in [0.5, 0.6) is 5.88 Å². The van der Waals surface area contributed by atoms with Gasteiger partial charge in [0.1, 0.15) is 11.5 Å². The van der Waals surface area contributed by atoms with Crippen LogP contribution in [0.3, 0.4) is 0 Å². The van der Waals surface area contributed by atoms with E-state index >= 15 is 0 Å². The van der Waals surface area contributed by atoms with Gasteiger partial charge in [-0.1, -0.05) is 48.7 Å². The van der Waals surface area contributed by atoms with Gasteiger partial charge in [0.2, 0.25) is 11.8 Å². The zero-order valence-electron chi connectivity index (χ0n) is 18.2. The van der Waals surface area contributed by atoms with Gasteiger partial charge in [-0.3, -0.25) is 13.9 Å². The molecule has 1 aromatic carbocycles. The lowest BCUT2D eigenvalue weighted by atomic mass is 9.75. The summed E-state index contributed by atoms with van der Waals surface area (Å²) in [6.45, 7) is 2.06. The van der Waals surface area contributed by atoms with Gasteiger partial charge >= 0.3 is 0 Å². The van der Waals surface area contributed by atoms with Crippen molar-refractivity contribution in [1.29, 1.82) is 0 Å². The van der Waals surface area contributed by atoms with Crippen molar-refractivity contribution in [3.8, 4) is 5.88 Å². The van der Waals surface area contributed by atoms with Crippen LogP contribution in [0.15, 0.2) is 59.3 Å². The number of pyridine rings is 1. The smallest absolute Gasteiger partial charge is 0.248 e. The van der Waals surface area contributed by atoms with E-state index in [0.29, 0.717) is 34.7 Å². The fraction of sp³-hybridized carbons (Fsp3) is 0.320. The van der Waals surface area contributed by atoms with E-state index in [0.717, 1.165) is 25.2 Å². The third kappa shape index (κ3) is 4.13. The zero-order chi connectivity index (χ0) is 23.7. The molecule has 0 bridgehead atoms. The maximum atomic E-state index is 13.6. The van der Waals surface area contributed by atoms with Crippen molar-refractivity contribution in [1.82, 2.24) is 9.29 Å². The number of ketones is 1. The van der Waals surface area contributed by atoms with Crippen LogP contribution >= 0.6 is 35.8 Å². The molecule has 0 spiro atoms. The molecule has 2 fully saturated rings. The largest absolute Gasteiger partial charge is 0.478 e. The average Bonchev–Trinajstić information content (AvgIpc) is 3.35. The second kappa shape index (κ2) is 9.70. The number of carbonyl (C=O) groups is 2. The topological polar surface area (TPSA) is 68.7 Å². The summed E-state index contributed by atoms with van der Waals surface area (Å²) in [6.07, 6.45) is 0.904. The zero-order valence-corrected chi connectivity index (χ0v) is 20.7. The van der Waals surface area contributed by atoms with Gasteiger partial charge in [-0.2, -0.15) is 11.3 Å². The second-order valence-corrected chi connectivity index (χ2v) is 10.1. The molecule has 2 aliphatic rings. The predicted octanol–water partition coefficient (Wildman–Crippen LogP) is 4.89. The van der Waals surface area contributed by atoms with Crippen LogP contribution in [0.2, 0.25) is 5.02 Å². The van der Waals surface area contributed by atoms with E-state index < -0.39 is 17.4 Å². The molecule has 34 heavy (non-hydrogen) atoms. The number of ether oxygens (including phenoxy) is 2. The molecule has 1 amide bonds. The van der Waals surface area contributed by atoms with E-state index in [4.69, 9.17) is 26.1 Å². The lowest BCUT2D eigenvalue weighted by Gasteiger charge is -2.45. The Bertz CT molecular complexity index is 1200. The van der Waals surface area contributed by atoms with Crippen molar-refractivity contribution in [3.63, 3.8) is 0 Å². The first-order valence-corrected chi connectivity index (χ1v) is 12.7. The number of piperidine rings is 1. The molecule has 2 atom stereocenters. The van der Waals surface area contributed by atoms with Crippen molar-refractivity contribution in [2.45, 2.75) is 24.3 Å². The van der Waals surface area contributed by atoms with Crippen molar-refractivity contribution in [3.05, 3.63) is 81.1 Å². The quantitative estimate of drug-likeness (QED) is 0.359. The summed E-state index contributed by atoms with van der Waals surface area (Å²) < 4.78 is 12.5. The summed E-state index contributed by atoms with van der Waals surface area (Å²) in [5.41, 5.74) is 0.644. The monoisotopic (exact) mass is 514 g/mol. The SMILES string of the molecule is O=C1CC(c2ccsc2)(c2cccc(OCCC3COC3)n2)N(S)C(=O)C1c1ccccc1Cl. The first kappa shape index (κ1) is 23.4. The molecule has 4 heterocycles. The summed E-state index contributed by atoms with van der Waals surface area (Å²) in [5.74, 6) is -0.711. The van der Waals surface area contributed by atoms with Gasteiger partial charge in [0, 0.05) is 23.4 Å². The van der Waals surface area contributed by atoms with Crippen LogP contribution in [0.1, 0.15) is 35.6 Å². The first-order chi connectivity index (χ1) is 16.5. The number of nitrogens with zero attached hydrogens (tertiary/aromatic N) is 2. The lowest BCUT2D eigenvalue weighted by Crippen LogP contribution is -2.54. The van der Waals surface area contributed by atoms with E-state index in [1.165, 1.54) is 15.6 Å². The molecule has 5 rings (SSSR count). The second-order valence-electron chi connectivity index (χ2n) is 8.52. The maximum Gasteiger partial charge on any atom is 0.248 e. The molecular weight excluding hydrogens is 492 g/mol. The molecule has 2 aromatic heterocycles. The van der Waals surface area contributed by atoms with Gasteiger partial charge in [0.15, 0.2) is 5.78 Å². The minimum absolute atomic E-state index is 0.0186. The van der Waals surface area contributed by atoms with Gasteiger partial charge in [0.05, 0.1) is 25.5 Å². The Hall–Kier alpha value is -2.39. The molecule has 2 aliphatic heterocycles. The van der Waals surface area contributed by atoms with Gasteiger partial charge < -0.3 is 9.47 Å². The Balaban J connectivity index is 1.50. The highest BCUT2D eigenvalue weighted by Gasteiger charge is 2.53. The molecular formula is C25H23ClN2O4S2. The third-order valence-electron chi connectivity index (χ3n) is 6.41. The summed E-state index contributed by atoms with van der Waals surface area (Å²) in [4.78, 5) is 31.9. The molecule has 0 radical (unpaired) electrons. The van der Waals surface area contributed by atoms with Crippen molar-refractivity contribution < 1.29 is 19.1 Å². The number of hydrogen-bond donors (Lipinski definition) is 1. The molecule has 6 nitrogen and oxygen atoms in total. The van der Waals surface area contributed by atoms with Crippen LogP contribution in [-0.2, 0) is 19.9 Å². The minimum Gasteiger partial charge on any atom is -0.478 e. The molecule has 0 aliphatic carbocycles. The fourth-order valence-corrected chi connectivity index (χ4v) is 5.84. The fourth-order valence-electron chi connectivity index (χ4n) is 4.47. The molecule has 9 heteroatoms. The van der Waals surface area contributed by atoms with Gasteiger partial charge in [-0.05, 0) is 46.5 Å². The number of carbonyl (C=O) groups excluding carboxylic acids is 2. The summed E-state index contributed by atoms with van der Waals surface area (Å²) >= 11 is 12.5. The Morgan fingerprint density at radius 1 is 1.18 bits per heavy atom. The molecule has 176 valence electrons. The highest BCUT2D eigenvalue weighted by Crippen LogP contribution is 2.48. The van der Waals surface area contributed by atoms with Gasteiger partial charge in [0.25, 0.3) is 0 Å². The number of hydrogen-bond acceptors (Lipinski definition) is 7. The number of benzene rings is 1. The Kier molecular flexibility index (Phi) is 6.66. The predicted molar refractivity (Wildman–Crippen MR) is 133 cm³/mol. The van der Waals surface area contributed by atoms with Crippen LogP contribution in [0.25, 0.3) is 0 Å². The summed E-state index contributed by atoms with van der Waals surface area (Å²) in [6, 6.07) is 14.2. The van der Waals surface area contributed by atoms with Crippen molar-refractivity contribution in [2.75, 3.05) is 19.8 Å².